The Morgan fingerprint density at radius 3 is 2.45 bits per heavy atom. The summed E-state index contributed by atoms with van der Waals surface area (Å²) in [5, 5.41) is 0.848. The summed E-state index contributed by atoms with van der Waals surface area (Å²) in [7, 11) is -3.79. The number of nitrogen functional groups attached to an aromatic ring is 1. The Morgan fingerprint density at radius 1 is 0.903 bits per heavy atom. The summed E-state index contributed by atoms with van der Waals surface area (Å²) in [6, 6.07) is 12.0. The molecule has 2 aromatic carbocycles. The van der Waals surface area contributed by atoms with Crippen LogP contribution >= 0.6 is 0 Å². The van der Waals surface area contributed by atoms with E-state index in [-0.39, 0.29) is 15.7 Å². The van der Waals surface area contributed by atoms with Crippen molar-refractivity contribution in [2.45, 2.75) is 9.79 Å². The maximum absolute atomic E-state index is 13.5. The Bertz CT molecular complexity index is 1340. The molecule has 31 heavy (non-hydrogen) atoms. The van der Waals surface area contributed by atoms with E-state index in [1.54, 1.807) is 55.1 Å². The fourth-order valence-corrected chi connectivity index (χ4v) is 4.97. The van der Waals surface area contributed by atoms with Crippen LogP contribution in [-0.4, -0.2) is 44.7 Å². The number of anilines is 2. The fourth-order valence-electron chi connectivity index (χ4n) is 3.63. The van der Waals surface area contributed by atoms with Gasteiger partial charge in [-0.1, -0.05) is 0 Å². The molecule has 2 N–H and O–H groups in total. The molecule has 2 aromatic heterocycles. The van der Waals surface area contributed by atoms with E-state index >= 15 is 0 Å². The first-order valence-electron chi connectivity index (χ1n) is 9.79. The molecular formula is C22H20N4O4S. The highest BCUT2D eigenvalue weighted by Gasteiger charge is 2.22. The lowest BCUT2D eigenvalue weighted by atomic mass is 10.1. The third-order valence-electron chi connectivity index (χ3n) is 5.32. The molecule has 5 rings (SSSR count). The van der Waals surface area contributed by atoms with E-state index in [9.17, 15) is 8.42 Å². The number of morpholine rings is 1. The lowest BCUT2D eigenvalue weighted by Gasteiger charge is -2.29. The minimum Gasteiger partial charge on any atom is -0.464 e. The molecule has 1 aliphatic heterocycles. The summed E-state index contributed by atoms with van der Waals surface area (Å²) in [4.78, 5) is 10.6. The number of fused-ring (bicyclic) bond motifs is 1. The van der Waals surface area contributed by atoms with Gasteiger partial charge in [0, 0.05) is 48.2 Å². The molecule has 4 aromatic rings. The van der Waals surface area contributed by atoms with Gasteiger partial charge in [0.15, 0.2) is 0 Å². The third kappa shape index (κ3) is 3.73. The highest BCUT2D eigenvalue weighted by atomic mass is 32.2. The number of hydrogen-bond acceptors (Lipinski definition) is 8. The molecule has 0 unspecified atom stereocenters. The number of hydrogen-bond donors (Lipinski definition) is 1. The van der Waals surface area contributed by atoms with Crippen molar-refractivity contribution < 1.29 is 17.6 Å². The van der Waals surface area contributed by atoms with E-state index in [4.69, 9.17) is 14.9 Å². The van der Waals surface area contributed by atoms with E-state index in [0.717, 1.165) is 11.1 Å². The minimum absolute atomic E-state index is 0.160. The summed E-state index contributed by atoms with van der Waals surface area (Å²) in [5.41, 5.74) is 8.32. The van der Waals surface area contributed by atoms with E-state index < -0.39 is 9.84 Å². The number of nitrogens with two attached hydrogens (primary N) is 1. The van der Waals surface area contributed by atoms with Gasteiger partial charge in [0.1, 0.15) is 5.58 Å². The lowest BCUT2D eigenvalue weighted by Crippen LogP contribution is -2.36. The maximum atomic E-state index is 13.5. The van der Waals surface area contributed by atoms with Crippen LogP contribution in [0.2, 0.25) is 0 Å². The SMILES string of the molecule is Nc1ncc(-c2cc(N3CCOCC3)cc(S(=O)(=O)c3ccc4ccoc4c3)c2)cn1. The smallest absolute Gasteiger partial charge is 0.219 e. The average Bonchev–Trinajstić information content (AvgIpc) is 3.28. The second-order valence-corrected chi connectivity index (χ2v) is 9.22. The zero-order valence-corrected chi connectivity index (χ0v) is 17.4. The Balaban J connectivity index is 1.65. The Kier molecular flexibility index (Phi) is 4.84. The second-order valence-electron chi connectivity index (χ2n) is 7.27. The summed E-state index contributed by atoms with van der Waals surface area (Å²) in [6.45, 7) is 2.54. The minimum atomic E-state index is -3.79. The molecule has 0 spiro atoms. The quantitative estimate of drug-likeness (QED) is 0.519. The summed E-state index contributed by atoms with van der Waals surface area (Å²) in [6.07, 6.45) is 4.72. The Hall–Kier alpha value is -3.43. The molecule has 0 atom stereocenters. The van der Waals surface area contributed by atoms with Crippen LogP contribution in [0, 0.1) is 0 Å². The van der Waals surface area contributed by atoms with Crippen molar-refractivity contribution >= 4 is 32.4 Å². The van der Waals surface area contributed by atoms with Gasteiger partial charge in [-0.3, -0.25) is 0 Å². The number of rotatable bonds is 4. The molecule has 0 bridgehead atoms. The average molecular weight is 436 g/mol. The van der Waals surface area contributed by atoms with Crippen LogP contribution in [-0.2, 0) is 14.6 Å². The number of sulfone groups is 1. The number of nitrogens with zero attached hydrogens (tertiary/aromatic N) is 3. The van der Waals surface area contributed by atoms with E-state index in [1.165, 1.54) is 0 Å². The highest BCUT2D eigenvalue weighted by Crippen LogP contribution is 2.33. The van der Waals surface area contributed by atoms with Gasteiger partial charge in [-0.25, -0.2) is 18.4 Å². The first kappa shape index (κ1) is 19.5. The molecule has 1 fully saturated rings. The van der Waals surface area contributed by atoms with Crippen LogP contribution in [0.4, 0.5) is 11.6 Å². The number of aromatic nitrogens is 2. The topological polar surface area (TPSA) is 112 Å². The predicted molar refractivity (Wildman–Crippen MR) is 117 cm³/mol. The monoisotopic (exact) mass is 436 g/mol. The maximum Gasteiger partial charge on any atom is 0.219 e. The van der Waals surface area contributed by atoms with Crippen LogP contribution in [0.3, 0.4) is 0 Å². The van der Waals surface area contributed by atoms with E-state index in [0.29, 0.717) is 43.0 Å². The van der Waals surface area contributed by atoms with Crippen molar-refractivity contribution in [3.63, 3.8) is 0 Å². The van der Waals surface area contributed by atoms with Crippen LogP contribution in [0.25, 0.3) is 22.1 Å². The van der Waals surface area contributed by atoms with Gasteiger partial charge < -0.3 is 19.8 Å². The van der Waals surface area contributed by atoms with Gasteiger partial charge in [0.25, 0.3) is 0 Å². The van der Waals surface area contributed by atoms with Crippen LogP contribution in [0.15, 0.2) is 75.3 Å². The fraction of sp³-hybridized carbons (Fsp3) is 0.182. The van der Waals surface area contributed by atoms with Crippen LogP contribution < -0.4 is 10.6 Å². The van der Waals surface area contributed by atoms with E-state index in [1.807, 2.05) is 6.07 Å². The molecule has 158 valence electrons. The number of benzene rings is 2. The molecule has 0 aliphatic carbocycles. The van der Waals surface area contributed by atoms with E-state index in [2.05, 4.69) is 14.9 Å². The number of furan rings is 1. The molecule has 0 amide bonds. The molecular weight excluding hydrogens is 416 g/mol. The van der Waals surface area contributed by atoms with Crippen molar-refractivity contribution in [3.05, 3.63) is 61.1 Å². The van der Waals surface area contributed by atoms with Crippen molar-refractivity contribution in [1.29, 1.82) is 0 Å². The molecule has 1 saturated heterocycles. The van der Waals surface area contributed by atoms with Crippen molar-refractivity contribution in [3.8, 4) is 11.1 Å². The Labute approximate surface area is 179 Å². The van der Waals surface area contributed by atoms with Gasteiger partial charge in [-0.2, -0.15) is 0 Å². The lowest BCUT2D eigenvalue weighted by molar-refractivity contribution is 0.122. The summed E-state index contributed by atoms with van der Waals surface area (Å²) >= 11 is 0. The van der Waals surface area contributed by atoms with Gasteiger partial charge in [0.2, 0.25) is 15.8 Å². The molecule has 1 aliphatic rings. The molecule has 3 heterocycles. The summed E-state index contributed by atoms with van der Waals surface area (Å²) in [5.74, 6) is 0.160. The molecule has 0 radical (unpaired) electrons. The van der Waals surface area contributed by atoms with Gasteiger partial charge >= 0.3 is 0 Å². The van der Waals surface area contributed by atoms with Gasteiger partial charge in [-0.15, -0.1) is 0 Å². The first-order chi connectivity index (χ1) is 15.0. The third-order valence-corrected chi connectivity index (χ3v) is 7.05. The largest absolute Gasteiger partial charge is 0.464 e. The molecule has 9 heteroatoms. The predicted octanol–water partition coefficient (Wildman–Crippen LogP) is 3.14. The molecule has 0 saturated carbocycles. The van der Waals surface area contributed by atoms with Crippen molar-refractivity contribution in [2.24, 2.45) is 0 Å². The normalized spacial score (nSPS) is 14.8. The van der Waals surface area contributed by atoms with Crippen LogP contribution in [0.1, 0.15) is 0 Å². The zero-order chi connectivity index (χ0) is 21.4. The van der Waals surface area contributed by atoms with Gasteiger partial charge in [-0.05, 0) is 42.0 Å². The highest BCUT2D eigenvalue weighted by molar-refractivity contribution is 7.91. The Morgan fingerprint density at radius 2 is 1.68 bits per heavy atom. The first-order valence-corrected chi connectivity index (χ1v) is 11.3. The summed E-state index contributed by atoms with van der Waals surface area (Å²) < 4.78 is 37.9. The van der Waals surface area contributed by atoms with Gasteiger partial charge in [0.05, 0.1) is 29.3 Å². The van der Waals surface area contributed by atoms with Crippen LogP contribution in [0.5, 0.6) is 0 Å². The van der Waals surface area contributed by atoms with Crippen molar-refractivity contribution in [1.82, 2.24) is 9.97 Å². The molecule has 8 nitrogen and oxygen atoms in total. The van der Waals surface area contributed by atoms with Crippen molar-refractivity contribution in [2.75, 3.05) is 36.9 Å². The standard InChI is InChI=1S/C22H20N4O4S/c23-22-24-13-17(14-25-22)16-9-18(26-4-7-29-8-5-26)11-20(10-16)31(27,28)19-2-1-15-3-6-30-21(15)12-19/h1-3,6,9-14H,4-5,7-8H2,(H2,23,24,25). The second kappa shape index (κ2) is 7.68. The number of ether oxygens (including phenoxy) is 1. The zero-order valence-electron chi connectivity index (χ0n) is 16.6.